The maximum Gasteiger partial charge on any atom is 0.229 e. The molecule has 0 aliphatic carbocycles. The zero-order valence-corrected chi connectivity index (χ0v) is 16.2. The molecular weight excluding hydrogens is 354 g/mol. The number of aryl methyl sites for hydroxylation is 1. The summed E-state index contributed by atoms with van der Waals surface area (Å²) in [7, 11) is 0. The summed E-state index contributed by atoms with van der Waals surface area (Å²) in [5, 5.41) is 0. The van der Waals surface area contributed by atoms with E-state index in [0.29, 0.717) is 0 Å². The highest BCUT2D eigenvalue weighted by Crippen LogP contribution is 2.34. The fourth-order valence-corrected chi connectivity index (χ4v) is 4.18. The quantitative estimate of drug-likeness (QED) is 0.808. The number of hydrogen-bond donors (Lipinski definition) is 0. The van der Waals surface area contributed by atoms with Gasteiger partial charge in [-0.2, -0.15) is 9.97 Å². The number of morpholine rings is 2. The second-order valence-electron chi connectivity index (χ2n) is 7.47. The van der Waals surface area contributed by atoms with E-state index in [0.717, 1.165) is 89.6 Å². The maximum absolute atomic E-state index is 5.54. The highest BCUT2D eigenvalue weighted by molar-refractivity contribution is 5.68. The number of para-hydroxylation sites is 1. The van der Waals surface area contributed by atoms with Crippen molar-refractivity contribution in [3.8, 4) is 0 Å². The fourth-order valence-electron chi connectivity index (χ4n) is 4.18. The van der Waals surface area contributed by atoms with Crippen LogP contribution in [-0.2, 0) is 15.9 Å². The zero-order valence-electron chi connectivity index (χ0n) is 16.2. The van der Waals surface area contributed by atoms with Crippen LogP contribution in [-0.4, -0.2) is 69.1 Å². The fraction of sp³-hybridized carbons (Fsp3) is 0.524. The molecule has 0 N–H and O–H groups in total. The van der Waals surface area contributed by atoms with Crippen molar-refractivity contribution in [2.75, 3.05) is 73.9 Å². The molecule has 2 fully saturated rings. The van der Waals surface area contributed by atoms with E-state index in [-0.39, 0.29) is 0 Å². The zero-order chi connectivity index (χ0) is 18.8. The van der Waals surface area contributed by atoms with Crippen LogP contribution >= 0.6 is 0 Å². The molecule has 4 heterocycles. The molecule has 3 aliphatic heterocycles. The van der Waals surface area contributed by atoms with Crippen LogP contribution in [0.15, 0.2) is 30.3 Å². The Hall–Kier alpha value is -2.38. The Morgan fingerprint density at radius 3 is 2.21 bits per heavy atom. The minimum absolute atomic E-state index is 0.729. The van der Waals surface area contributed by atoms with Crippen LogP contribution in [0.25, 0.3) is 0 Å². The smallest absolute Gasteiger partial charge is 0.229 e. The summed E-state index contributed by atoms with van der Waals surface area (Å²) in [6, 6.07) is 10.8. The summed E-state index contributed by atoms with van der Waals surface area (Å²) in [5.74, 6) is 2.80. The van der Waals surface area contributed by atoms with E-state index in [1.807, 2.05) is 0 Å². The lowest BCUT2D eigenvalue weighted by atomic mass is 10.0. The topological polar surface area (TPSA) is 54.0 Å². The number of hydrogen-bond acceptors (Lipinski definition) is 7. The molecule has 0 bridgehead atoms. The number of fused-ring (bicyclic) bond motifs is 1. The summed E-state index contributed by atoms with van der Waals surface area (Å²) < 4.78 is 11.1. The van der Waals surface area contributed by atoms with E-state index in [9.17, 15) is 0 Å². The molecule has 28 heavy (non-hydrogen) atoms. The molecule has 3 aliphatic rings. The van der Waals surface area contributed by atoms with Gasteiger partial charge in [0, 0.05) is 44.5 Å². The predicted octanol–water partition coefficient (Wildman–Crippen LogP) is 2.23. The van der Waals surface area contributed by atoms with Gasteiger partial charge in [0.2, 0.25) is 5.95 Å². The molecular formula is C21H27N5O2. The lowest BCUT2D eigenvalue weighted by Gasteiger charge is -2.34. The molecule has 5 rings (SSSR count). The predicted molar refractivity (Wildman–Crippen MR) is 110 cm³/mol. The van der Waals surface area contributed by atoms with Crippen molar-refractivity contribution in [1.82, 2.24) is 9.97 Å². The largest absolute Gasteiger partial charge is 0.378 e. The summed E-state index contributed by atoms with van der Waals surface area (Å²) >= 11 is 0. The Kier molecular flexibility index (Phi) is 5.01. The molecule has 2 aromatic rings. The van der Waals surface area contributed by atoms with E-state index in [1.54, 1.807) is 0 Å². The molecule has 7 nitrogen and oxygen atoms in total. The first-order chi connectivity index (χ1) is 13.9. The number of anilines is 4. The van der Waals surface area contributed by atoms with Crippen LogP contribution in [0.3, 0.4) is 0 Å². The molecule has 0 atom stereocenters. The molecule has 0 radical (unpaired) electrons. The van der Waals surface area contributed by atoms with E-state index in [4.69, 9.17) is 19.4 Å². The summed E-state index contributed by atoms with van der Waals surface area (Å²) in [6.07, 6.45) is 2.27. The molecule has 148 valence electrons. The lowest BCUT2D eigenvalue weighted by Crippen LogP contribution is -2.40. The van der Waals surface area contributed by atoms with Gasteiger partial charge in [-0.3, -0.25) is 0 Å². The van der Waals surface area contributed by atoms with Crippen molar-refractivity contribution >= 4 is 23.3 Å². The number of benzene rings is 1. The van der Waals surface area contributed by atoms with Crippen LogP contribution < -0.4 is 14.7 Å². The first-order valence-electron chi connectivity index (χ1n) is 10.3. The Morgan fingerprint density at radius 2 is 1.43 bits per heavy atom. The number of nitrogens with zero attached hydrogens (tertiary/aromatic N) is 5. The van der Waals surface area contributed by atoms with Crippen molar-refractivity contribution < 1.29 is 9.47 Å². The van der Waals surface area contributed by atoms with Gasteiger partial charge in [-0.15, -0.1) is 0 Å². The third-order valence-electron chi connectivity index (χ3n) is 5.70. The van der Waals surface area contributed by atoms with Gasteiger partial charge in [0.1, 0.15) is 11.6 Å². The van der Waals surface area contributed by atoms with Gasteiger partial charge in [0.15, 0.2) is 0 Å². The van der Waals surface area contributed by atoms with Crippen molar-refractivity contribution in [3.05, 3.63) is 35.9 Å². The minimum atomic E-state index is 0.729. The Morgan fingerprint density at radius 1 is 0.750 bits per heavy atom. The Labute approximate surface area is 165 Å². The highest BCUT2D eigenvalue weighted by Gasteiger charge is 2.24. The van der Waals surface area contributed by atoms with Crippen molar-refractivity contribution in [1.29, 1.82) is 0 Å². The maximum atomic E-state index is 5.54. The lowest BCUT2D eigenvalue weighted by molar-refractivity contribution is 0.121. The van der Waals surface area contributed by atoms with Crippen molar-refractivity contribution in [2.45, 2.75) is 12.8 Å². The number of rotatable bonds is 3. The van der Waals surface area contributed by atoms with E-state index in [2.05, 4.69) is 45.0 Å². The number of aromatic nitrogens is 2. The normalized spacial score (nSPS) is 20.2. The number of ether oxygens (including phenoxy) is 2. The van der Waals surface area contributed by atoms with E-state index < -0.39 is 0 Å². The third-order valence-corrected chi connectivity index (χ3v) is 5.70. The molecule has 1 aromatic heterocycles. The van der Waals surface area contributed by atoms with Crippen LogP contribution in [0.1, 0.15) is 12.0 Å². The van der Waals surface area contributed by atoms with E-state index in [1.165, 1.54) is 11.3 Å². The van der Waals surface area contributed by atoms with Crippen molar-refractivity contribution in [2.24, 2.45) is 0 Å². The third kappa shape index (κ3) is 3.52. The van der Waals surface area contributed by atoms with Gasteiger partial charge < -0.3 is 24.2 Å². The monoisotopic (exact) mass is 381 g/mol. The van der Waals surface area contributed by atoms with Gasteiger partial charge in [-0.05, 0) is 24.5 Å². The molecule has 7 heteroatoms. The molecule has 0 unspecified atom stereocenters. The average Bonchev–Trinajstić information content (AvgIpc) is 2.79. The van der Waals surface area contributed by atoms with Gasteiger partial charge in [0.05, 0.1) is 26.4 Å². The molecule has 0 saturated carbocycles. The molecule has 1 aromatic carbocycles. The van der Waals surface area contributed by atoms with Crippen LogP contribution in [0.5, 0.6) is 0 Å². The van der Waals surface area contributed by atoms with Gasteiger partial charge in [-0.1, -0.05) is 18.2 Å². The summed E-state index contributed by atoms with van der Waals surface area (Å²) in [4.78, 5) is 16.8. The summed E-state index contributed by atoms with van der Waals surface area (Å²) in [6.45, 7) is 7.35. The first kappa shape index (κ1) is 17.7. The van der Waals surface area contributed by atoms with E-state index >= 15 is 0 Å². The minimum Gasteiger partial charge on any atom is -0.378 e. The second kappa shape index (κ2) is 7.93. The van der Waals surface area contributed by atoms with Crippen LogP contribution in [0.2, 0.25) is 0 Å². The average molecular weight is 381 g/mol. The highest BCUT2D eigenvalue weighted by atomic mass is 16.5. The first-order valence-corrected chi connectivity index (χ1v) is 10.3. The van der Waals surface area contributed by atoms with Gasteiger partial charge >= 0.3 is 0 Å². The van der Waals surface area contributed by atoms with Crippen molar-refractivity contribution in [3.63, 3.8) is 0 Å². The molecule has 0 spiro atoms. The summed E-state index contributed by atoms with van der Waals surface area (Å²) in [5.41, 5.74) is 2.67. The standard InChI is InChI=1S/C21H27N5O2/c1-2-6-18-17(4-1)5-3-7-26(18)20-16-19(24-8-12-27-13-9-24)22-21(23-20)25-10-14-28-15-11-25/h1-2,4,6,16H,3,5,7-15H2. The Bertz CT molecular complexity index is 782. The Balaban J connectivity index is 1.55. The van der Waals surface area contributed by atoms with Gasteiger partial charge in [0.25, 0.3) is 0 Å². The molecule has 2 saturated heterocycles. The van der Waals surface area contributed by atoms with Crippen LogP contribution in [0, 0.1) is 0 Å². The van der Waals surface area contributed by atoms with Gasteiger partial charge in [-0.25, -0.2) is 0 Å². The van der Waals surface area contributed by atoms with Crippen LogP contribution in [0.4, 0.5) is 23.3 Å². The second-order valence-corrected chi connectivity index (χ2v) is 7.47. The molecule has 0 amide bonds. The SMILES string of the molecule is c1ccc2c(c1)CCCN2c1cc(N2CCOCC2)nc(N2CCOCC2)n1.